The third-order valence-corrected chi connectivity index (χ3v) is 13.1. The number of rotatable bonds is 9. The van der Waals surface area contributed by atoms with E-state index in [1.54, 1.807) is 30.3 Å². The number of phenols is 2. The molecule has 4 aromatic carbocycles. The first-order valence-corrected chi connectivity index (χ1v) is 20.5. The highest BCUT2D eigenvalue weighted by atomic mass is 35.5. The number of carboxylic acids is 1. The number of hydrazine groups is 1. The number of hydrogen-bond donors (Lipinski definition) is 4. The van der Waals surface area contributed by atoms with Crippen molar-refractivity contribution in [3.05, 3.63) is 153 Å². The SMILES string of the molecule is O=C(O)c1ccc(N2C(=O)[C@H]3[C@H](CC=C4[C@H]3C[C@H]3C(=O)N(Nc5ncc(C(F)(F)F)cc5Cl)C(=O)[C@@]3(c3ccc(Cl)cc3)[C@H]4c3ccc(OCc4ccccc4)cc3O)C2=O)cc1O. The van der Waals surface area contributed by atoms with Crippen LogP contribution in [0.25, 0.3) is 0 Å². The summed E-state index contributed by atoms with van der Waals surface area (Å²) in [6.45, 7) is 0.147. The Morgan fingerprint density at radius 1 is 0.875 bits per heavy atom. The number of hydrogen-bond acceptors (Lipinski definition) is 10. The van der Waals surface area contributed by atoms with Crippen molar-refractivity contribution in [2.75, 3.05) is 10.3 Å². The van der Waals surface area contributed by atoms with Crippen LogP contribution in [0.15, 0.2) is 115 Å². The molecular weight excluding hydrogens is 880 g/mol. The summed E-state index contributed by atoms with van der Waals surface area (Å²) in [5.41, 5.74) is 0.636. The Bertz CT molecular complexity index is 2830. The van der Waals surface area contributed by atoms with Gasteiger partial charge in [-0.15, -0.1) is 0 Å². The number of ether oxygens (including phenoxy) is 1. The smallest absolute Gasteiger partial charge is 0.417 e. The van der Waals surface area contributed by atoms with E-state index in [1.165, 1.54) is 24.3 Å². The molecule has 4 amide bonds. The number of pyridine rings is 1. The van der Waals surface area contributed by atoms with Gasteiger partial charge in [-0.2, -0.15) is 18.2 Å². The highest BCUT2D eigenvalue weighted by Crippen LogP contribution is 2.65. The van der Waals surface area contributed by atoms with Gasteiger partial charge in [-0.3, -0.25) is 24.6 Å². The van der Waals surface area contributed by atoms with E-state index in [2.05, 4.69) is 10.4 Å². The second-order valence-corrected chi connectivity index (χ2v) is 16.8. The molecule has 3 heterocycles. The topological polar surface area (TPSA) is 187 Å². The van der Waals surface area contributed by atoms with E-state index in [4.69, 9.17) is 27.9 Å². The molecule has 4 N–H and O–H groups in total. The van der Waals surface area contributed by atoms with Crippen molar-refractivity contribution >= 4 is 64.3 Å². The number of nitrogens with one attached hydrogen (secondary N) is 1. The monoisotopic (exact) mass is 912 g/mol. The van der Waals surface area contributed by atoms with Gasteiger partial charge >= 0.3 is 12.1 Å². The summed E-state index contributed by atoms with van der Waals surface area (Å²) in [6, 6.07) is 23.8. The van der Waals surface area contributed by atoms with Gasteiger partial charge in [0.15, 0.2) is 5.82 Å². The molecule has 6 atom stereocenters. The molecule has 4 aliphatic rings. The Hall–Kier alpha value is -6.91. The van der Waals surface area contributed by atoms with Crippen molar-refractivity contribution < 1.29 is 57.2 Å². The van der Waals surface area contributed by atoms with Crippen LogP contribution in [0.3, 0.4) is 0 Å². The Morgan fingerprint density at radius 2 is 1.61 bits per heavy atom. The number of carbonyl (C=O) groups is 5. The van der Waals surface area contributed by atoms with Crippen molar-refractivity contribution in [3.8, 4) is 17.2 Å². The summed E-state index contributed by atoms with van der Waals surface area (Å²) in [5.74, 6) is -11.4. The van der Waals surface area contributed by atoms with Gasteiger partial charge in [-0.1, -0.05) is 83.4 Å². The Labute approximate surface area is 371 Å². The van der Waals surface area contributed by atoms with E-state index in [9.17, 15) is 42.9 Å². The van der Waals surface area contributed by atoms with Gasteiger partial charge < -0.3 is 20.1 Å². The number of allylic oxidation sites excluding steroid dienone is 2. The van der Waals surface area contributed by atoms with Gasteiger partial charge in [-0.05, 0) is 66.3 Å². The Balaban J connectivity index is 1.19. The number of nitrogens with zero attached hydrogens (tertiary/aromatic N) is 3. The van der Waals surface area contributed by atoms with Crippen LogP contribution in [0.4, 0.5) is 24.7 Å². The van der Waals surface area contributed by atoms with Crippen molar-refractivity contribution in [2.45, 2.75) is 37.0 Å². The van der Waals surface area contributed by atoms with Crippen LogP contribution in [-0.2, 0) is 37.4 Å². The molecule has 0 spiro atoms. The number of aromatic nitrogens is 1. The second-order valence-electron chi connectivity index (χ2n) is 15.9. The first kappa shape index (κ1) is 42.4. The van der Waals surface area contributed by atoms with E-state index >= 15 is 9.59 Å². The molecule has 0 bridgehead atoms. The number of benzene rings is 4. The van der Waals surface area contributed by atoms with Crippen LogP contribution in [0.1, 0.15) is 51.4 Å². The molecule has 18 heteroatoms. The maximum absolute atomic E-state index is 15.5. The lowest BCUT2D eigenvalue weighted by atomic mass is 9.49. The molecule has 13 nitrogen and oxygen atoms in total. The minimum atomic E-state index is -4.81. The van der Waals surface area contributed by atoms with Crippen molar-refractivity contribution in [1.82, 2.24) is 9.99 Å². The minimum Gasteiger partial charge on any atom is -0.508 e. The van der Waals surface area contributed by atoms with Crippen LogP contribution in [-0.4, -0.2) is 54.9 Å². The van der Waals surface area contributed by atoms with E-state index in [0.717, 1.165) is 22.6 Å². The molecule has 0 unspecified atom stereocenters. The van der Waals surface area contributed by atoms with E-state index in [1.807, 2.05) is 30.3 Å². The number of imide groups is 2. The molecule has 2 aliphatic carbocycles. The molecule has 0 radical (unpaired) electrons. The fraction of sp³-hybridized carbons (Fsp3) is 0.217. The number of carbonyl (C=O) groups excluding carboxylic acids is 4. The molecule has 2 saturated heterocycles. The number of aromatic hydroxyl groups is 2. The van der Waals surface area contributed by atoms with Crippen molar-refractivity contribution in [3.63, 3.8) is 0 Å². The number of phenolic OH excluding ortho intramolecular Hbond substituents is 1. The van der Waals surface area contributed by atoms with Gasteiger partial charge in [0.05, 0.1) is 39.4 Å². The van der Waals surface area contributed by atoms with Crippen LogP contribution < -0.4 is 15.1 Å². The number of alkyl halides is 3. The zero-order chi connectivity index (χ0) is 45.4. The number of halogens is 5. The highest BCUT2D eigenvalue weighted by molar-refractivity contribution is 6.33. The fourth-order valence-corrected chi connectivity index (χ4v) is 10.2. The quantitative estimate of drug-likeness (QED) is 0.0824. The lowest BCUT2D eigenvalue weighted by molar-refractivity contribution is -0.139. The van der Waals surface area contributed by atoms with Gasteiger partial charge in [0, 0.05) is 34.8 Å². The molecule has 2 aliphatic heterocycles. The molecule has 326 valence electrons. The predicted molar refractivity (Wildman–Crippen MR) is 223 cm³/mol. The summed E-state index contributed by atoms with van der Waals surface area (Å²) >= 11 is 12.6. The summed E-state index contributed by atoms with van der Waals surface area (Å²) in [4.78, 5) is 75.7. The molecule has 9 rings (SSSR count). The lowest BCUT2D eigenvalue weighted by Crippen LogP contribution is -2.53. The maximum Gasteiger partial charge on any atom is 0.417 e. The summed E-state index contributed by atoms with van der Waals surface area (Å²) in [6.07, 6.45) is -2.82. The lowest BCUT2D eigenvalue weighted by Gasteiger charge is -2.50. The predicted octanol–water partition coefficient (Wildman–Crippen LogP) is 8.29. The third kappa shape index (κ3) is 6.79. The molecule has 64 heavy (non-hydrogen) atoms. The van der Waals surface area contributed by atoms with Crippen LogP contribution in [0.2, 0.25) is 10.0 Å². The van der Waals surface area contributed by atoms with Gasteiger partial charge in [0.25, 0.3) is 11.8 Å². The first-order valence-electron chi connectivity index (χ1n) is 19.8. The summed E-state index contributed by atoms with van der Waals surface area (Å²) in [5, 5.41) is 32.4. The number of anilines is 2. The van der Waals surface area contributed by atoms with Crippen molar-refractivity contribution in [1.29, 1.82) is 0 Å². The zero-order valence-corrected chi connectivity index (χ0v) is 34.4. The summed E-state index contributed by atoms with van der Waals surface area (Å²) in [7, 11) is 0. The largest absolute Gasteiger partial charge is 0.508 e. The van der Waals surface area contributed by atoms with E-state index in [0.29, 0.717) is 22.8 Å². The van der Waals surface area contributed by atoms with Gasteiger partial charge in [0.1, 0.15) is 29.4 Å². The van der Waals surface area contributed by atoms with Crippen LogP contribution >= 0.6 is 23.2 Å². The molecule has 5 aromatic rings. The van der Waals surface area contributed by atoms with Crippen molar-refractivity contribution in [2.24, 2.45) is 23.7 Å². The van der Waals surface area contributed by atoms with Gasteiger partial charge in [-0.25, -0.2) is 14.7 Å². The third-order valence-electron chi connectivity index (χ3n) is 12.6. The first-order chi connectivity index (χ1) is 30.5. The van der Waals surface area contributed by atoms with Gasteiger partial charge in [0.2, 0.25) is 11.8 Å². The Morgan fingerprint density at radius 3 is 2.27 bits per heavy atom. The number of aromatic carboxylic acids is 1. The average molecular weight is 914 g/mol. The molecule has 1 saturated carbocycles. The fourth-order valence-electron chi connectivity index (χ4n) is 9.82. The average Bonchev–Trinajstić information content (AvgIpc) is 3.64. The van der Waals surface area contributed by atoms with E-state index in [-0.39, 0.29) is 52.8 Å². The standard InChI is InChI=1S/C46H33Cl2F3N4O9/c47-25-8-6-23(7-9-25)45-33(41(59)55(44(45)63)53-39-34(48)16-24(20-52-39)46(49,50)51)19-32-28(38(45)29-13-11-27(18-36(29)57)64-21-22-4-2-1-3-5-22)14-15-31-37(32)42(60)54(40(31)58)26-10-12-30(43(61)62)35(56)17-26/h1-14,16-18,20,31-33,37-38,56-57H,15,19,21H2,(H,52,53)(H,61,62)/t31-,32+,33-,37-,38+,45+/m0/s1. The molecule has 3 fully saturated rings. The second kappa shape index (κ2) is 15.7. The molecular formula is C46H33Cl2F3N4O9. The zero-order valence-electron chi connectivity index (χ0n) is 32.9. The Kier molecular flexibility index (Phi) is 10.4. The summed E-state index contributed by atoms with van der Waals surface area (Å²) < 4.78 is 46.8. The van der Waals surface area contributed by atoms with Crippen LogP contribution in [0, 0.1) is 23.7 Å². The number of fused-ring (bicyclic) bond motifs is 4. The normalized spacial score (nSPS) is 24.0. The van der Waals surface area contributed by atoms with E-state index < -0.39 is 98.5 Å². The maximum atomic E-state index is 15.5. The number of carboxylic acid groups (broad SMARTS) is 1. The van der Waals surface area contributed by atoms with Crippen LogP contribution in [0.5, 0.6) is 17.2 Å². The highest BCUT2D eigenvalue weighted by Gasteiger charge is 2.71. The minimum absolute atomic E-state index is 0.0250. The number of amides is 4. The molecule has 1 aromatic heterocycles.